The van der Waals surface area contributed by atoms with E-state index in [1.54, 1.807) is 11.3 Å². The van der Waals surface area contributed by atoms with Crippen LogP contribution in [0, 0.1) is 11.3 Å². The van der Waals surface area contributed by atoms with Crippen molar-refractivity contribution in [3.05, 3.63) is 236 Å². The van der Waals surface area contributed by atoms with Crippen LogP contribution in [-0.4, -0.2) is 14.1 Å². The van der Waals surface area contributed by atoms with E-state index < -0.39 is 0 Å². The van der Waals surface area contributed by atoms with Gasteiger partial charge in [0.05, 0.1) is 43.7 Å². The Labute approximate surface area is 391 Å². The third kappa shape index (κ3) is 6.46. The van der Waals surface area contributed by atoms with Gasteiger partial charge in [0, 0.05) is 27.1 Å². The van der Waals surface area contributed by atoms with Crippen molar-refractivity contribution >= 4 is 65.2 Å². The summed E-state index contributed by atoms with van der Waals surface area (Å²) in [4.78, 5) is 5.23. The molecule has 10 aromatic carbocycles. The van der Waals surface area contributed by atoms with Crippen molar-refractivity contribution in [2.45, 2.75) is 0 Å². The van der Waals surface area contributed by atoms with E-state index in [2.05, 4.69) is 240 Å². The summed E-state index contributed by atoms with van der Waals surface area (Å²) in [5, 5.41) is 17.1. The Kier molecular flexibility index (Phi) is 9.06. The van der Waals surface area contributed by atoms with Gasteiger partial charge in [-0.05, 0) is 117 Å². The predicted molar refractivity (Wildman–Crippen MR) is 280 cm³/mol. The molecular weight excluding hydrogens is 833 g/mol. The number of nitriles is 1. The lowest BCUT2D eigenvalue weighted by molar-refractivity contribution is 1.12. The van der Waals surface area contributed by atoms with Gasteiger partial charge in [-0.3, -0.25) is 0 Å². The molecule has 0 fully saturated rings. The molecule has 4 nitrogen and oxygen atoms in total. The van der Waals surface area contributed by atoms with Crippen LogP contribution in [0.2, 0.25) is 0 Å². The molecule has 0 saturated carbocycles. The normalized spacial score (nSPS) is 11.6. The molecular formula is C62H38N4S. The fraction of sp³-hybridized carbons (Fsp3) is 0. The van der Waals surface area contributed by atoms with Crippen molar-refractivity contribution in [1.29, 1.82) is 5.26 Å². The summed E-state index contributed by atoms with van der Waals surface area (Å²) < 4.78 is 5.73. The molecule has 13 aromatic rings. The molecule has 0 aliphatic carbocycles. The van der Waals surface area contributed by atoms with Crippen molar-refractivity contribution < 1.29 is 0 Å². The second-order valence-corrected chi connectivity index (χ2v) is 18.1. The molecule has 5 heteroatoms. The number of nitrogens with zero attached hydrogens (tertiary/aromatic N) is 4. The number of benzene rings is 10. The summed E-state index contributed by atoms with van der Waals surface area (Å²) in [5.41, 5.74) is 17.3. The van der Waals surface area contributed by atoms with Gasteiger partial charge in [0.15, 0.2) is 0 Å². The van der Waals surface area contributed by atoms with Crippen LogP contribution in [0.1, 0.15) is 5.56 Å². The summed E-state index contributed by atoms with van der Waals surface area (Å²) >= 11 is 1.68. The molecule has 0 bridgehead atoms. The summed E-state index contributed by atoms with van der Waals surface area (Å²) in [6.07, 6.45) is 0. The van der Waals surface area contributed by atoms with E-state index in [1.165, 1.54) is 0 Å². The van der Waals surface area contributed by atoms with Gasteiger partial charge < -0.3 is 9.13 Å². The van der Waals surface area contributed by atoms with Crippen LogP contribution in [0.25, 0.3) is 120 Å². The number of hydrogen-bond acceptors (Lipinski definition) is 3. The molecule has 312 valence electrons. The van der Waals surface area contributed by atoms with Crippen molar-refractivity contribution in [3.8, 4) is 72.5 Å². The molecule has 0 aliphatic rings. The van der Waals surface area contributed by atoms with E-state index in [0.717, 1.165) is 120 Å². The summed E-state index contributed by atoms with van der Waals surface area (Å²) in [5.74, 6) is 0. The number of thiazole rings is 1. The first-order chi connectivity index (χ1) is 33.2. The van der Waals surface area contributed by atoms with Crippen LogP contribution in [0.5, 0.6) is 0 Å². The fourth-order valence-electron chi connectivity index (χ4n) is 10.0. The first-order valence-corrected chi connectivity index (χ1v) is 23.3. The van der Waals surface area contributed by atoms with E-state index in [0.29, 0.717) is 5.56 Å². The standard InChI is InChI=1S/C62H38N4S/c63-39-53-59(65-55-29-25-44(40-15-5-1-6-16-40)33-49(55)50-34-45(26-30-56(50)65)41-17-7-2-8-18-41)37-48(62-64-54-23-13-14-24-61(54)67-62)38-60(53)66-57-31-27-46(42-19-9-3-10-20-42)35-51(57)52-36-47(28-32-58(52)66)43-21-11-4-12-22-43/h1-38H. The Morgan fingerprint density at radius 2 is 0.687 bits per heavy atom. The van der Waals surface area contributed by atoms with E-state index in [-0.39, 0.29) is 0 Å². The first kappa shape index (κ1) is 38.6. The maximum absolute atomic E-state index is 11.7. The summed E-state index contributed by atoms with van der Waals surface area (Å²) in [6, 6.07) is 84.6. The van der Waals surface area contributed by atoms with Crippen molar-refractivity contribution in [2.24, 2.45) is 0 Å². The van der Waals surface area contributed by atoms with Gasteiger partial charge in [0.2, 0.25) is 0 Å². The van der Waals surface area contributed by atoms with E-state index >= 15 is 0 Å². The minimum Gasteiger partial charge on any atom is -0.308 e. The molecule has 3 aromatic heterocycles. The average Bonchev–Trinajstić information content (AvgIpc) is 4.09. The van der Waals surface area contributed by atoms with Crippen molar-refractivity contribution in [2.75, 3.05) is 0 Å². The van der Waals surface area contributed by atoms with Crippen molar-refractivity contribution in [1.82, 2.24) is 14.1 Å². The SMILES string of the molecule is N#Cc1c(-n2c3ccc(-c4ccccc4)cc3c3cc(-c4ccccc4)ccc32)cc(-c2nc3ccccc3s2)cc1-n1c2ccc(-c3ccccc3)cc2c2cc(-c3ccccc3)ccc21. The lowest BCUT2D eigenvalue weighted by atomic mass is 10.0. The Morgan fingerprint density at radius 3 is 1.03 bits per heavy atom. The summed E-state index contributed by atoms with van der Waals surface area (Å²) in [7, 11) is 0. The Hall–Kier alpha value is -8.82. The number of rotatable bonds is 7. The largest absolute Gasteiger partial charge is 0.308 e. The number of hydrogen-bond donors (Lipinski definition) is 0. The topological polar surface area (TPSA) is 46.5 Å². The average molecular weight is 871 g/mol. The van der Waals surface area contributed by atoms with Gasteiger partial charge in [-0.15, -0.1) is 11.3 Å². The molecule has 13 rings (SSSR count). The minimum atomic E-state index is 0.570. The van der Waals surface area contributed by atoms with Crippen LogP contribution in [0.4, 0.5) is 0 Å². The minimum absolute atomic E-state index is 0.570. The Balaban J connectivity index is 1.14. The van der Waals surface area contributed by atoms with E-state index in [4.69, 9.17) is 4.98 Å². The zero-order valence-electron chi connectivity index (χ0n) is 36.1. The zero-order chi connectivity index (χ0) is 44.4. The second-order valence-electron chi connectivity index (χ2n) is 17.1. The highest BCUT2D eigenvalue weighted by atomic mass is 32.1. The molecule has 0 radical (unpaired) electrons. The van der Waals surface area contributed by atoms with Gasteiger partial charge in [-0.25, -0.2) is 4.98 Å². The third-order valence-electron chi connectivity index (χ3n) is 13.2. The molecule has 0 aliphatic heterocycles. The molecule has 0 unspecified atom stereocenters. The highest BCUT2D eigenvalue weighted by Crippen LogP contribution is 2.44. The van der Waals surface area contributed by atoms with Gasteiger partial charge in [-0.2, -0.15) is 5.26 Å². The van der Waals surface area contributed by atoms with Gasteiger partial charge in [-0.1, -0.05) is 158 Å². The smallest absolute Gasteiger partial charge is 0.124 e. The molecule has 67 heavy (non-hydrogen) atoms. The van der Waals surface area contributed by atoms with Crippen LogP contribution < -0.4 is 0 Å². The second kappa shape index (κ2) is 15.7. The predicted octanol–water partition coefficient (Wildman–Crippen LogP) is 16.7. The zero-order valence-corrected chi connectivity index (χ0v) is 37.0. The fourth-order valence-corrected chi connectivity index (χ4v) is 11.0. The molecule has 0 atom stereocenters. The maximum Gasteiger partial charge on any atom is 0.124 e. The van der Waals surface area contributed by atoms with E-state index in [9.17, 15) is 5.26 Å². The third-order valence-corrected chi connectivity index (χ3v) is 14.3. The molecule has 0 N–H and O–H groups in total. The van der Waals surface area contributed by atoms with Gasteiger partial charge >= 0.3 is 0 Å². The lowest BCUT2D eigenvalue weighted by Crippen LogP contribution is -2.05. The summed E-state index contributed by atoms with van der Waals surface area (Å²) in [6.45, 7) is 0. The van der Waals surface area contributed by atoms with Gasteiger partial charge in [0.1, 0.15) is 16.6 Å². The van der Waals surface area contributed by atoms with Crippen LogP contribution in [-0.2, 0) is 0 Å². The van der Waals surface area contributed by atoms with Crippen molar-refractivity contribution in [3.63, 3.8) is 0 Å². The van der Waals surface area contributed by atoms with Crippen LogP contribution in [0.3, 0.4) is 0 Å². The monoisotopic (exact) mass is 870 g/mol. The first-order valence-electron chi connectivity index (χ1n) is 22.5. The molecule has 0 saturated heterocycles. The lowest BCUT2D eigenvalue weighted by Gasteiger charge is -2.18. The Morgan fingerprint density at radius 1 is 0.343 bits per heavy atom. The number of aromatic nitrogens is 3. The highest BCUT2D eigenvalue weighted by molar-refractivity contribution is 7.21. The van der Waals surface area contributed by atoms with Gasteiger partial charge in [0.25, 0.3) is 0 Å². The quantitative estimate of drug-likeness (QED) is 0.160. The van der Waals surface area contributed by atoms with Crippen LogP contribution in [0.15, 0.2) is 231 Å². The molecule has 0 spiro atoms. The molecule has 3 heterocycles. The maximum atomic E-state index is 11.7. The van der Waals surface area contributed by atoms with E-state index in [1.807, 2.05) is 6.07 Å². The highest BCUT2D eigenvalue weighted by Gasteiger charge is 2.24. The molecule has 0 amide bonds. The van der Waals surface area contributed by atoms with Crippen LogP contribution >= 0.6 is 11.3 Å². The Bertz CT molecular complexity index is 3630. The number of fused-ring (bicyclic) bond motifs is 7. The number of para-hydroxylation sites is 1.